The van der Waals surface area contributed by atoms with Crippen LogP contribution in [0.4, 0.5) is 0 Å². The number of hydrogen-bond acceptors (Lipinski definition) is 4. The molecule has 1 atom stereocenters. The van der Waals surface area contributed by atoms with Gasteiger partial charge in [-0.15, -0.1) is 11.3 Å². The fraction of sp³-hybridized carbons (Fsp3) is 0.273. The summed E-state index contributed by atoms with van der Waals surface area (Å²) in [6.07, 6.45) is 3.55. The van der Waals surface area contributed by atoms with Gasteiger partial charge < -0.3 is 10.3 Å². The second-order valence-corrected chi connectivity index (χ2v) is 4.62. The summed E-state index contributed by atoms with van der Waals surface area (Å²) in [6, 6.07) is 6.14. The Hall–Kier alpha value is -1.64. The first kappa shape index (κ1) is 10.9. The van der Waals surface area contributed by atoms with Gasteiger partial charge in [-0.25, -0.2) is 4.98 Å². The van der Waals surface area contributed by atoms with Crippen LogP contribution in [0.3, 0.4) is 0 Å². The molecule has 0 bridgehead atoms. The summed E-state index contributed by atoms with van der Waals surface area (Å²) < 4.78 is 0. The van der Waals surface area contributed by atoms with Gasteiger partial charge in [0.25, 0.3) is 0 Å². The zero-order chi connectivity index (χ0) is 11.4. The van der Waals surface area contributed by atoms with E-state index in [-0.39, 0.29) is 6.04 Å². The molecule has 0 fully saturated rings. The molecular weight excluding hydrogens is 220 g/mol. The minimum Gasteiger partial charge on any atom is -0.347 e. The van der Waals surface area contributed by atoms with Crippen molar-refractivity contribution in [3.8, 4) is 6.07 Å². The summed E-state index contributed by atoms with van der Waals surface area (Å²) in [5, 5.41) is 12.0. The second kappa shape index (κ2) is 4.92. The highest BCUT2D eigenvalue weighted by Crippen LogP contribution is 2.16. The highest BCUT2D eigenvalue weighted by Gasteiger charge is 2.07. The number of rotatable bonds is 4. The third-order valence-electron chi connectivity index (χ3n) is 2.28. The number of hydrogen-bond donors (Lipinski definition) is 2. The minimum atomic E-state index is 0.183. The van der Waals surface area contributed by atoms with Crippen LogP contribution in [-0.2, 0) is 6.54 Å². The number of nitrogens with one attached hydrogen (secondary N) is 2. The van der Waals surface area contributed by atoms with E-state index in [0.717, 1.165) is 22.1 Å². The molecule has 0 aliphatic heterocycles. The van der Waals surface area contributed by atoms with Crippen LogP contribution in [0.25, 0.3) is 0 Å². The third kappa shape index (κ3) is 2.48. The number of nitrogens with zero attached hydrogens (tertiary/aromatic N) is 2. The van der Waals surface area contributed by atoms with Crippen LogP contribution in [0, 0.1) is 11.3 Å². The smallest absolute Gasteiger partial charge is 0.122 e. The van der Waals surface area contributed by atoms with Crippen molar-refractivity contribution in [2.75, 3.05) is 0 Å². The Labute approximate surface area is 98.0 Å². The molecule has 0 aliphatic rings. The number of nitriles is 1. The van der Waals surface area contributed by atoms with Crippen LogP contribution in [0.15, 0.2) is 24.5 Å². The van der Waals surface area contributed by atoms with E-state index in [1.807, 2.05) is 18.3 Å². The van der Waals surface area contributed by atoms with Crippen molar-refractivity contribution in [2.24, 2.45) is 0 Å². The number of aromatic nitrogens is 2. The van der Waals surface area contributed by atoms with Gasteiger partial charge in [-0.1, -0.05) is 0 Å². The molecule has 16 heavy (non-hydrogen) atoms. The van der Waals surface area contributed by atoms with Crippen molar-refractivity contribution in [3.05, 3.63) is 40.1 Å². The minimum absolute atomic E-state index is 0.183. The predicted octanol–water partition coefficient (Wildman–Crippen LogP) is 2.19. The monoisotopic (exact) mass is 232 g/mol. The third-order valence-corrected chi connectivity index (χ3v) is 3.27. The van der Waals surface area contributed by atoms with E-state index in [0.29, 0.717) is 0 Å². The molecule has 4 nitrogen and oxygen atoms in total. The molecule has 0 aliphatic carbocycles. The average molecular weight is 232 g/mol. The first-order valence-corrected chi connectivity index (χ1v) is 5.82. The Morgan fingerprint density at radius 3 is 3.12 bits per heavy atom. The number of aromatic amines is 1. The van der Waals surface area contributed by atoms with E-state index >= 15 is 0 Å². The second-order valence-electron chi connectivity index (χ2n) is 3.45. The van der Waals surface area contributed by atoms with Gasteiger partial charge in [-0.3, -0.25) is 0 Å². The predicted molar refractivity (Wildman–Crippen MR) is 62.9 cm³/mol. The maximum absolute atomic E-state index is 8.70. The van der Waals surface area contributed by atoms with Gasteiger partial charge in [0.2, 0.25) is 0 Å². The topological polar surface area (TPSA) is 64.5 Å². The summed E-state index contributed by atoms with van der Waals surface area (Å²) in [7, 11) is 0. The molecule has 5 heteroatoms. The Morgan fingerprint density at radius 1 is 1.62 bits per heavy atom. The van der Waals surface area contributed by atoms with Crippen LogP contribution in [-0.4, -0.2) is 9.97 Å². The maximum Gasteiger partial charge on any atom is 0.122 e. The first-order chi connectivity index (χ1) is 7.79. The lowest BCUT2D eigenvalue weighted by Gasteiger charge is -2.09. The zero-order valence-electron chi connectivity index (χ0n) is 8.90. The standard InChI is InChI=1S/C11H12N4S/c1-8(11-13-4-5-14-11)15-7-10-3-2-9(6-12)16-10/h2-5,8,15H,7H2,1H3,(H,13,14). The number of H-pyrrole nitrogens is 1. The fourth-order valence-electron chi connectivity index (χ4n) is 1.40. The van der Waals surface area contributed by atoms with E-state index in [1.54, 1.807) is 6.20 Å². The van der Waals surface area contributed by atoms with Gasteiger partial charge in [0.05, 0.1) is 6.04 Å². The Bertz CT molecular complexity index is 480. The van der Waals surface area contributed by atoms with E-state index in [4.69, 9.17) is 5.26 Å². The summed E-state index contributed by atoms with van der Waals surface area (Å²) in [4.78, 5) is 9.16. The van der Waals surface area contributed by atoms with E-state index in [1.165, 1.54) is 11.3 Å². The van der Waals surface area contributed by atoms with Crippen LogP contribution in [0.1, 0.15) is 28.5 Å². The lowest BCUT2D eigenvalue weighted by molar-refractivity contribution is 0.554. The van der Waals surface area contributed by atoms with Crippen LogP contribution >= 0.6 is 11.3 Å². The maximum atomic E-state index is 8.70. The fourth-order valence-corrected chi connectivity index (χ4v) is 2.15. The average Bonchev–Trinajstić information content (AvgIpc) is 2.96. The van der Waals surface area contributed by atoms with E-state index < -0.39 is 0 Å². The molecule has 0 amide bonds. The molecule has 2 rings (SSSR count). The normalized spacial score (nSPS) is 12.2. The lowest BCUT2D eigenvalue weighted by Crippen LogP contribution is -2.18. The van der Waals surface area contributed by atoms with Crippen molar-refractivity contribution >= 4 is 11.3 Å². The van der Waals surface area contributed by atoms with E-state index in [2.05, 4.69) is 28.3 Å². The summed E-state index contributed by atoms with van der Waals surface area (Å²) in [5.74, 6) is 0.928. The van der Waals surface area contributed by atoms with Crippen molar-refractivity contribution in [2.45, 2.75) is 19.5 Å². The number of thiophene rings is 1. The zero-order valence-corrected chi connectivity index (χ0v) is 9.71. The summed E-state index contributed by atoms with van der Waals surface area (Å²) >= 11 is 1.52. The Balaban J connectivity index is 1.90. The van der Waals surface area contributed by atoms with Crippen molar-refractivity contribution in [1.29, 1.82) is 5.26 Å². The molecule has 0 radical (unpaired) electrons. The summed E-state index contributed by atoms with van der Waals surface area (Å²) in [6.45, 7) is 2.81. The van der Waals surface area contributed by atoms with Gasteiger partial charge in [0.1, 0.15) is 16.8 Å². The van der Waals surface area contributed by atoms with Gasteiger partial charge in [0.15, 0.2) is 0 Å². The largest absolute Gasteiger partial charge is 0.347 e. The molecule has 1 unspecified atom stereocenters. The van der Waals surface area contributed by atoms with Crippen LogP contribution in [0.2, 0.25) is 0 Å². The molecule has 0 saturated carbocycles. The highest BCUT2D eigenvalue weighted by molar-refractivity contribution is 7.12. The molecule has 2 aromatic rings. The molecule has 2 heterocycles. The molecule has 2 aromatic heterocycles. The SMILES string of the molecule is CC(NCc1ccc(C#N)s1)c1ncc[nH]1. The van der Waals surface area contributed by atoms with Gasteiger partial charge in [0, 0.05) is 23.8 Å². The van der Waals surface area contributed by atoms with Crippen molar-refractivity contribution in [3.63, 3.8) is 0 Å². The highest BCUT2D eigenvalue weighted by atomic mass is 32.1. The first-order valence-electron chi connectivity index (χ1n) is 5.01. The number of imidazole rings is 1. The molecular formula is C11H12N4S. The molecule has 2 N–H and O–H groups in total. The van der Waals surface area contributed by atoms with Crippen molar-refractivity contribution in [1.82, 2.24) is 15.3 Å². The van der Waals surface area contributed by atoms with Crippen molar-refractivity contribution < 1.29 is 0 Å². The summed E-state index contributed by atoms with van der Waals surface area (Å²) in [5.41, 5.74) is 0. The van der Waals surface area contributed by atoms with Gasteiger partial charge in [-0.05, 0) is 19.1 Å². The molecule has 0 aromatic carbocycles. The molecule has 82 valence electrons. The van der Waals surface area contributed by atoms with Crippen LogP contribution < -0.4 is 5.32 Å². The Morgan fingerprint density at radius 2 is 2.50 bits per heavy atom. The lowest BCUT2D eigenvalue weighted by atomic mass is 10.3. The van der Waals surface area contributed by atoms with Gasteiger partial charge in [-0.2, -0.15) is 5.26 Å². The quantitative estimate of drug-likeness (QED) is 0.849. The van der Waals surface area contributed by atoms with E-state index in [9.17, 15) is 0 Å². The molecule has 0 saturated heterocycles. The molecule has 0 spiro atoms. The Kier molecular flexibility index (Phi) is 3.34. The van der Waals surface area contributed by atoms with Gasteiger partial charge >= 0.3 is 0 Å². The van der Waals surface area contributed by atoms with Crippen LogP contribution in [0.5, 0.6) is 0 Å².